The summed E-state index contributed by atoms with van der Waals surface area (Å²) < 4.78 is 18.8. The molecule has 1 heterocycles. The third-order valence-electron chi connectivity index (χ3n) is 8.95. The first kappa shape index (κ1) is 23.8. The Bertz CT molecular complexity index is 676. The SMILES string of the molecule is CC(C)(C)[Si](C)(C)O[C@H](C#C[C@@H]1[C@H]2CC3(OCCO3)[C@H]2CC[C@H]1O)CC1CCCCC1. The lowest BCUT2D eigenvalue weighted by Gasteiger charge is -2.56. The second-order valence-corrected chi connectivity index (χ2v) is 16.8. The Morgan fingerprint density at radius 1 is 1.06 bits per heavy atom. The van der Waals surface area contributed by atoms with E-state index in [0.717, 1.165) is 31.6 Å². The van der Waals surface area contributed by atoms with Crippen molar-refractivity contribution in [3.05, 3.63) is 0 Å². The molecule has 5 heteroatoms. The average molecular weight is 449 g/mol. The van der Waals surface area contributed by atoms with E-state index in [2.05, 4.69) is 45.7 Å². The third kappa shape index (κ3) is 4.94. The monoisotopic (exact) mass is 448 g/mol. The van der Waals surface area contributed by atoms with Gasteiger partial charge in [0.05, 0.1) is 19.3 Å². The van der Waals surface area contributed by atoms with Gasteiger partial charge in [-0.15, -0.1) is 0 Å². The van der Waals surface area contributed by atoms with Crippen molar-refractivity contribution in [2.75, 3.05) is 13.2 Å². The van der Waals surface area contributed by atoms with Gasteiger partial charge in [-0.05, 0) is 49.2 Å². The molecular weight excluding hydrogens is 404 g/mol. The van der Waals surface area contributed by atoms with Gasteiger partial charge in [-0.3, -0.25) is 0 Å². The van der Waals surface area contributed by atoms with E-state index < -0.39 is 8.32 Å². The molecule has 176 valence electrons. The molecule has 0 aromatic carbocycles. The quantitative estimate of drug-likeness (QED) is 0.456. The summed E-state index contributed by atoms with van der Waals surface area (Å²) in [5.41, 5.74) is 0. The molecule has 0 bridgehead atoms. The van der Waals surface area contributed by atoms with E-state index in [0.29, 0.717) is 25.0 Å². The molecule has 31 heavy (non-hydrogen) atoms. The minimum atomic E-state index is -1.90. The fourth-order valence-electron chi connectivity index (χ4n) is 6.00. The number of fused-ring (bicyclic) bond motifs is 2. The van der Waals surface area contributed by atoms with Crippen molar-refractivity contribution in [2.24, 2.45) is 23.7 Å². The number of rotatable bonds is 4. The van der Waals surface area contributed by atoms with Crippen LogP contribution in [0.5, 0.6) is 0 Å². The Morgan fingerprint density at radius 3 is 2.39 bits per heavy atom. The second-order valence-electron chi connectivity index (χ2n) is 12.0. The van der Waals surface area contributed by atoms with E-state index in [9.17, 15) is 5.11 Å². The molecule has 4 aliphatic rings. The molecule has 0 unspecified atom stereocenters. The van der Waals surface area contributed by atoms with E-state index in [1.54, 1.807) is 0 Å². The van der Waals surface area contributed by atoms with Gasteiger partial charge in [0.1, 0.15) is 6.10 Å². The summed E-state index contributed by atoms with van der Waals surface area (Å²) in [4.78, 5) is 0. The van der Waals surface area contributed by atoms with Gasteiger partial charge in [0.25, 0.3) is 0 Å². The summed E-state index contributed by atoms with van der Waals surface area (Å²) in [6, 6.07) is 0. The summed E-state index contributed by atoms with van der Waals surface area (Å²) in [6.07, 6.45) is 10.0. The van der Waals surface area contributed by atoms with Crippen LogP contribution in [0.15, 0.2) is 0 Å². The molecule has 0 aromatic rings. The number of aliphatic hydroxyl groups is 1. The van der Waals surface area contributed by atoms with Gasteiger partial charge in [-0.1, -0.05) is 64.7 Å². The standard InChI is InChI=1S/C26H44O4Si/c1-25(2,3)31(4,5)30-20(17-19-9-7-6-8-10-19)11-12-21-22-18-26(28-15-16-29-26)23(22)13-14-24(21)27/h19-24,27H,6-10,13-18H2,1-5H3/t20-,21-,22-,23+,24-/m1/s1. The molecule has 3 saturated carbocycles. The predicted molar refractivity (Wildman–Crippen MR) is 126 cm³/mol. The Balaban J connectivity index is 1.49. The molecule has 4 rings (SSSR count). The minimum absolute atomic E-state index is 0.00964. The van der Waals surface area contributed by atoms with E-state index in [-0.39, 0.29) is 29.0 Å². The molecule has 4 fully saturated rings. The van der Waals surface area contributed by atoms with Gasteiger partial charge in [0, 0.05) is 18.3 Å². The van der Waals surface area contributed by atoms with Crippen LogP contribution >= 0.6 is 0 Å². The molecule has 1 saturated heterocycles. The minimum Gasteiger partial charge on any atom is -0.403 e. The second kappa shape index (κ2) is 9.10. The maximum Gasteiger partial charge on any atom is 0.193 e. The predicted octanol–water partition coefficient (Wildman–Crippen LogP) is 5.50. The highest BCUT2D eigenvalue weighted by atomic mass is 28.4. The van der Waals surface area contributed by atoms with Crippen molar-refractivity contribution in [1.29, 1.82) is 0 Å². The zero-order chi connectivity index (χ0) is 22.3. The highest BCUT2D eigenvalue weighted by Crippen LogP contribution is 2.57. The zero-order valence-electron chi connectivity index (χ0n) is 20.4. The van der Waals surface area contributed by atoms with Crippen LogP contribution < -0.4 is 0 Å². The first-order valence-electron chi connectivity index (χ1n) is 12.8. The van der Waals surface area contributed by atoms with Crippen molar-refractivity contribution in [3.63, 3.8) is 0 Å². The molecule has 3 aliphatic carbocycles. The largest absolute Gasteiger partial charge is 0.403 e. The summed E-state index contributed by atoms with van der Waals surface area (Å²) >= 11 is 0. The molecule has 5 atom stereocenters. The van der Waals surface area contributed by atoms with Crippen LogP contribution in [0.25, 0.3) is 0 Å². The Kier molecular flexibility index (Phi) is 6.98. The summed E-state index contributed by atoms with van der Waals surface area (Å²) in [7, 11) is -1.90. The zero-order valence-corrected chi connectivity index (χ0v) is 21.4. The fourth-order valence-corrected chi connectivity index (χ4v) is 7.22. The summed E-state index contributed by atoms with van der Waals surface area (Å²) in [5.74, 6) is 8.29. The van der Waals surface area contributed by atoms with Crippen LogP contribution in [0, 0.1) is 35.5 Å². The van der Waals surface area contributed by atoms with E-state index in [1.807, 2.05) is 0 Å². The highest BCUT2D eigenvalue weighted by Gasteiger charge is 2.62. The Hall–Kier alpha value is -0.383. The highest BCUT2D eigenvalue weighted by molar-refractivity contribution is 6.74. The van der Waals surface area contributed by atoms with Crippen molar-refractivity contribution in [2.45, 2.75) is 115 Å². The van der Waals surface area contributed by atoms with E-state index >= 15 is 0 Å². The maximum atomic E-state index is 10.8. The molecule has 1 spiro atoms. The molecule has 1 N–H and O–H groups in total. The first-order chi connectivity index (χ1) is 14.6. The number of hydrogen-bond acceptors (Lipinski definition) is 4. The van der Waals surface area contributed by atoms with Crippen molar-refractivity contribution in [3.8, 4) is 11.8 Å². The molecule has 4 nitrogen and oxygen atoms in total. The van der Waals surface area contributed by atoms with Crippen LogP contribution in [0.4, 0.5) is 0 Å². The van der Waals surface area contributed by atoms with Crippen LogP contribution in [-0.2, 0) is 13.9 Å². The maximum absolute atomic E-state index is 10.8. The lowest BCUT2D eigenvalue weighted by Crippen LogP contribution is -2.60. The van der Waals surface area contributed by atoms with Crippen LogP contribution in [0.2, 0.25) is 18.1 Å². The third-order valence-corrected chi connectivity index (χ3v) is 13.4. The average Bonchev–Trinajstić information content (AvgIpc) is 3.18. The van der Waals surface area contributed by atoms with Crippen molar-refractivity contribution in [1.82, 2.24) is 0 Å². The number of hydrogen-bond donors (Lipinski definition) is 1. The van der Waals surface area contributed by atoms with Crippen molar-refractivity contribution < 1.29 is 19.0 Å². The van der Waals surface area contributed by atoms with Crippen LogP contribution in [0.3, 0.4) is 0 Å². The van der Waals surface area contributed by atoms with E-state index in [1.165, 1.54) is 32.1 Å². The van der Waals surface area contributed by atoms with Gasteiger partial charge < -0.3 is 19.0 Å². The number of aliphatic hydroxyl groups excluding tert-OH is 1. The molecule has 1 aliphatic heterocycles. The first-order valence-corrected chi connectivity index (χ1v) is 15.7. The molecular formula is C26H44O4Si. The summed E-state index contributed by atoms with van der Waals surface area (Å²) in [6.45, 7) is 13.0. The normalized spacial score (nSPS) is 34.5. The molecule has 0 aromatic heterocycles. The van der Waals surface area contributed by atoms with Crippen LogP contribution in [-0.4, -0.2) is 44.6 Å². The van der Waals surface area contributed by atoms with E-state index in [4.69, 9.17) is 13.9 Å². The smallest absolute Gasteiger partial charge is 0.193 e. The van der Waals surface area contributed by atoms with Gasteiger partial charge in [-0.2, -0.15) is 0 Å². The molecule has 0 amide bonds. The Morgan fingerprint density at radius 2 is 1.74 bits per heavy atom. The Labute approximate surface area is 190 Å². The molecule has 0 radical (unpaired) electrons. The van der Waals surface area contributed by atoms with Gasteiger partial charge in [0.2, 0.25) is 0 Å². The fraction of sp³-hybridized carbons (Fsp3) is 0.923. The topological polar surface area (TPSA) is 47.9 Å². The van der Waals surface area contributed by atoms with Gasteiger partial charge in [-0.25, -0.2) is 0 Å². The van der Waals surface area contributed by atoms with Gasteiger partial charge in [0.15, 0.2) is 14.1 Å². The lowest BCUT2D eigenvalue weighted by molar-refractivity contribution is -0.296. The lowest BCUT2D eigenvalue weighted by atomic mass is 9.56. The summed E-state index contributed by atoms with van der Waals surface area (Å²) in [5, 5.41) is 11.0. The van der Waals surface area contributed by atoms with Crippen LogP contribution in [0.1, 0.15) is 78.6 Å². The van der Waals surface area contributed by atoms with Crippen molar-refractivity contribution >= 4 is 8.32 Å². The van der Waals surface area contributed by atoms with Gasteiger partial charge >= 0.3 is 0 Å². The number of ether oxygens (including phenoxy) is 2.